The molecule has 3 aliphatic heterocycles. The molecule has 254 valence electrons. The predicted octanol–water partition coefficient (Wildman–Crippen LogP) is 7.89. The summed E-state index contributed by atoms with van der Waals surface area (Å²) in [5.41, 5.74) is 5.49. The zero-order valence-corrected chi connectivity index (χ0v) is 30.0. The van der Waals surface area contributed by atoms with E-state index in [0.29, 0.717) is 17.9 Å². The van der Waals surface area contributed by atoms with E-state index in [2.05, 4.69) is 53.2 Å². The molecule has 0 bridgehead atoms. The smallest absolute Gasteiger partial charge is 0.169 e. The highest BCUT2D eigenvalue weighted by atomic mass is 32.1. The van der Waals surface area contributed by atoms with E-state index in [0.717, 1.165) is 86.4 Å². The van der Waals surface area contributed by atoms with Gasteiger partial charge >= 0.3 is 0 Å². The van der Waals surface area contributed by atoms with Gasteiger partial charge in [0.1, 0.15) is 0 Å². The van der Waals surface area contributed by atoms with Crippen molar-refractivity contribution >= 4 is 17.3 Å². The van der Waals surface area contributed by atoms with Crippen molar-refractivity contribution in [3.8, 4) is 23.0 Å². The minimum Gasteiger partial charge on any atom is -0.493 e. The molecule has 0 amide bonds. The molecule has 4 unspecified atom stereocenters. The van der Waals surface area contributed by atoms with Gasteiger partial charge in [-0.3, -0.25) is 4.90 Å². The summed E-state index contributed by atoms with van der Waals surface area (Å²) in [4.78, 5) is 5.22. The molecule has 0 spiro atoms. The number of nitrogens with one attached hydrogen (secondary N) is 1. The lowest BCUT2D eigenvalue weighted by Gasteiger charge is -2.49. The second-order valence-electron chi connectivity index (χ2n) is 13.4. The Bertz CT molecular complexity index is 1320. The third-order valence-electron chi connectivity index (χ3n) is 10.9. The Balaban J connectivity index is 1.41. The van der Waals surface area contributed by atoms with E-state index < -0.39 is 0 Å². The van der Waals surface area contributed by atoms with Crippen LogP contribution in [0, 0.1) is 11.8 Å². The van der Waals surface area contributed by atoms with Gasteiger partial charge in [0, 0.05) is 32.2 Å². The fourth-order valence-corrected chi connectivity index (χ4v) is 8.59. The van der Waals surface area contributed by atoms with Crippen LogP contribution < -0.4 is 24.3 Å². The quantitative estimate of drug-likeness (QED) is 0.164. The third-order valence-corrected chi connectivity index (χ3v) is 11.3. The van der Waals surface area contributed by atoms with E-state index in [1.807, 2.05) is 0 Å². The number of thiocarbonyl (C=S) groups is 1. The summed E-state index contributed by atoms with van der Waals surface area (Å²) < 4.78 is 23.0. The number of fused-ring (bicyclic) bond motifs is 4. The average Bonchev–Trinajstić information content (AvgIpc) is 3.09. The summed E-state index contributed by atoms with van der Waals surface area (Å²) in [6.45, 7) is 8.72. The van der Waals surface area contributed by atoms with Crippen LogP contribution in [0.2, 0.25) is 0 Å². The van der Waals surface area contributed by atoms with Gasteiger partial charge < -0.3 is 29.2 Å². The summed E-state index contributed by atoms with van der Waals surface area (Å²) in [6.07, 6.45) is 13.0. The minimum atomic E-state index is 0.187. The van der Waals surface area contributed by atoms with Crippen LogP contribution in [0.25, 0.3) is 0 Å². The molecule has 2 aromatic carbocycles. The summed E-state index contributed by atoms with van der Waals surface area (Å²) in [5.74, 6) is 4.44. The number of nitrogens with zero attached hydrogens (tertiary/aromatic N) is 2. The topological polar surface area (TPSA) is 55.4 Å². The Morgan fingerprint density at radius 2 is 1.35 bits per heavy atom. The van der Waals surface area contributed by atoms with Crippen molar-refractivity contribution in [2.45, 2.75) is 96.6 Å². The number of unbranched alkanes of at least 4 members (excludes halogenated alkanes) is 5. The highest BCUT2D eigenvalue weighted by Gasteiger charge is 2.41. The van der Waals surface area contributed by atoms with E-state index in [-0.39, 0.29) is 6.04 Å². The average molecular weight is 652 g/mol. The normalized spacial score (nSPS) is 22.3. The van der Waals surface area contributed by atoms with Crippen LogP contribution in [0.15, 0.2) is 24.3 Å². The first-order valence-corrected chi connectivity index (χ1v) is 18.1. The van der Waals surface area contributed by atoms with Crippen molar-refractivity contribution in [3.05, 3.63) is 46.5 Å². The Hall–Kier alpha value is -2.71. The molecule has 0 aromatic heterocycles. The Morgan fingerprint density at radius 3 is 2.00 bits per heavy atom. The first-order chi connectivity index (χ1) is 22.5. The third kappa shape index (κ3) is 7.54. The molecule has 46 heavy (non-hydrogen) atoms. The van der Waals surface area contributed by atoms with Crippen molar-refractivity contribution in [3.63, 3.8) is 0 Å². The number of methoxy groups -OCH3 is 4. The fourth-order valence-electron chi connectivity index (χ4n) is 8.27. The molecule has 2 aromatic rings. The molecule has 1 saturated heterocycles. The largest absolute Gasteiger partial charge is 0.493 e. The molecule has 5 rings (SSSR count). The number of ether oxygens (including phenoxy) is 4. The first-order valence-electron chi connectivity index (χ1n) is 17.7. The lowest BCUT2D eigenvalue weighted by atomic mass is 9.72. The molecule has 0 aliphatic carbocycles. The fraction of sp³-hybridized carbons (Fsp3) is 0.658. The lowest BCUT2D eigenvalue weighted by Crippen LogP contribution is -2.49. The Kier molecular flexibility index (Phi) is 12.3. The van der Waals surface area contributed by atoms with E-state index >= 15 is 0 Å². The number of piperidine rings is 1. The van der Waals surface area contributed by atoms with Crippen molar-refractivity contribution in [2.24, 2.45) is 11.8 Å². The van der Waals surface area contributed by atoms with Gasteiger partial charge in [-0.15, -0.1) is 0 Å². The van der Waals surface area contributed by atoms with Crippen LogP contribution in [-0.2, 0) is 12.8 Å². The second kappa shape index (κ2) is 16.4. The molecule has 0 saturated carbocycles. The van der Waals surface area contributed by atoms with Crippen molar-refractivity contribution in [1.82, 2.24) is 15.1 Å². The van der Waals surface area contributed by atoms with Gasteiger partial charge in [0.25, 0.3) is 0 Å². The number of hydrogen-bond donors (Lipinski definition) is 1. The van der Waals surface area contributed by atoms with Crippen LogP contribution in [0.5, 0.6) is 23.0 Å². The molecule has 3 heterocycles. The summed E-state index contributed by atoms with van der Waals surface area (Å²) in [6, 6.07) is 9.45. The van der Waals surface area contributed by atoms with E-state index in [4.69, 9.17) is 31.2 Å². The molecular weight excluding hydrogens is 595 g/mol. The monoisotopic (exact) mass is 651 g/mol. The SMILES string of the molecule is CCCCCCCCNC(=S)N1CCc2cc(OC)c(OC)cc2C1CC1CC2c3cc(OC)c(OC)cc3CCN2CC1CC. The molecule has 4 atom stereocenters. The van der Waals surface area contributed by atoms with Crippen LogP contribution >= 0.6 is 12.2 Å². The number of benzene rings is 2. The van der Waals surface area contributed by atoms with Crippen LogP contribution in [0.1, 0.15) is 106 Å². The van der Waals surface area contributed by atoms with Crippen molar-refractivity contribution < 1.29 is 18.9 Å². The molecule has 7 nitrogen and oxygen atoms in total. The van der Waals surface area contributed by atoms with Gasteiger partial charge in [0.05, 0.1) is 34.5 Å². The molecule has 8 heteroatoms. The van der Waals surface area contributed by atoms with Gasteiger partial charge in [-0.25, -0.2) is 0 Å². The van der Waals surface area contributed by atoms with Crippen LogP contribution in [0.3, 0.4) is 0 Å². The van der Waals surface area contributed by atoms with Gasteiger partial charge in [-0.2, -0.15) is 0 Å². The van der Waals surface area contributed by atoms with Crippen molar-refractivity contribution in [2.75, 3.05) is 54.6 Å². The van der Waals surface area contributed by atoms with Crippen LogP contribution in [0.4, 0.5) is 0 Å². The zero-order chi connectivity index (χ0) is 32.6. The maximum Gasteiger partial charge on any atom is 0.169 e. The van der Waals surface area contributed by atoms with Gasteiger partial charge in [-0.05, 0) is 103 Å². The summed E-state index contributed by atoms with van der Waals surface area (Å²) in [7, 11) is 6.93. The molecule has 0 radical (unpaired) electrons. The standard InChI is InChI=1S/C38H57N3O4S/c1-7-9-10-11-12-13-16-39-38(46)41-18-15-28-22-35(43-4)37(45-6)24-31(28)33(41)20-29-19-32-30-23-36(44-5)34(42-3)21-27(30)14-17-40(32)25-26(29)8-2/h21-24,26,29,32-33H,7-20,25H2,1-6H3,(H,39,46). The molecule has 3 aliphatic rings. The lowest BCUT2D eigenvalue weighted by molar-refractivity contribution is 0.0377. The molecular formula is C38H57N3O4S. The predicted molar refractivity (Wildman–Crippen MR) is 191 cm³/mol. The highest BCUT2D eigenvalue weighted by Crippen LogP contribution is 2.49. The minimum absolute atomic E-state index is 0.187. The maximum absolute atomic E-state index is 6.16. The van der Waals surface area contributed by atoms with Gasteiger partial charge in [0.2, 0.25) is 0 Å². The molecule has 1 fully saturated rings. The van der Waals surface area contributed by atoms with Gasteiger partial charge in [0.15, 0.2) is 28.1 Å². The summed E-state index contributed by atoms with van der Waals surface area (Å²) in [5, 5.41) is 4.56. The van der Waals surface area contributed by atoms with Gasteiger partial charge in [-0.1, -0.05) is 52.4 Å². The zero-order valence-electron chi connectivity index (χ0n) is 29.2. The highest BCUT2D eigenvalue weighted by molar-refractivity contribution is 7.80. The Morgan fingerprint density at radius 1 is 0.761 bits per heavy atom. The maximum atomic E-state index is 6.16. The van der Waals surface area contributed by atoms with E-state index in [9.17, 15) is 0 Å². The first kappa shape index (κ1) is 34.6. The second-order valence-corrected chi connectivity index (χ2v) is 13.8. The number of rotatable bonds is 14. The Labute approximate surface area is 283 Å². The molecule has 1 N–H and O–H groups in total. The van der Waals surface area contributed by atoms with Crippen molar-refractivity contribution in [1.29, 1.82) is 0 Å². The van der Waals surface area contributed by atoms with E-state index in [1.165, 1.54) is 60.8 Å². The van der Waals surface area contributed by atoms with E-state index in [1.54, 1.807) is 28.4 Å². The summed E-state index contributed by atoms with van der Waals surface area (Å²) >= 11 is 6.16. The van der Waals surface area contributed by atoms with Crippen LogP contribution in [-0.4, -0.2) is 69.5 Å². The number of hydrogen-bond acceptors (Lipinski definition) is 6.